The number of anilines is 2. The fraction of sp³-hybridized carbons (Fsp3) is 0.368. The van der Waals surface area contributed by atoms with Crippen LogP contribution in [0.25, 0.3) is 11.2 Å². The van der Waals surface area contributed by atoms with Crippen molar-refractivity contribution in [3.05, 3.63) is 47.0 Å². The van der Waals surface area contributed by atoms with Gasteiger partial charge in [-0.3, -0.25) is 4.40 Å². The highest BCUT2D eigenvalue weighted by atomic mass is 32.1. The van der Waals surface area contributed by atoms with Gasteiger partial charge in [-0.05, 0) is 30.9 Å². The van der Waals surface area contributed by atoms with Gasteiger partial charge < -0.3 is 20.8 Å². The quantitative estimate of drug-likeness (QED) is 0.411. The zero-order valence-electron chi connectivity index (χ0n) is 16.1. The van der Waals surface area contributed by atoms with E-state index in [1.54, 1.807) is 11.3 Å². The maximum Gasteiger partial charge on any atom is 0.180 e. The van der Waals surface area contributed by atoms with E-state index in [0.29, 0.717) is 0 Å². The predicted molar refractivity (Wildman–Crippen MR) is 113 cm³/mol. The molecule has 0 spiro atoms. The van der Waals surface area contributed by atoms with E-state index >= 15 is 0 Å². The standard InChI is InChI=1S/C19H25N7OS/c1-3-27-5-4-20-7-14-6-17(28-12-14)25-18-19-21-10-16(15-8-22-23-9-15)26(19)11-13(2)24-18/h6,8,10-12,20,22-23H,3-5,7,9H2,1-2H3,(H,24,25). The van der Waals surface area contributed by atoms with Crippen molar-refractivity contribution in [3.8, 4) is 0 Å². The normalized spacial score (nSPS) is 13.7. The third-order valence-corrected chi connectivity index (χ3v) is 5.32. The van der Waals surface area contributed by atoms with Crippen molar-refractivity contribution < 1.29 is 4.74 Å². The number of imidazole rings is 1. The SMILES string of the molecule is CCOCCNCc1csc(Nc2nc(C)cn3c(C4=CNNC4)cnc23)c1. The number of hydrogen-bond acceptors (Lipinski definition) is 8. The van der Waals surface area contributed by atoms with Gasteiger partial charge in [-0.25, -0.2) is 15.4 Å². The lowest BCUT2D eigenvalue weighted by molar-refractivity contribution is 0.149. The molecule has 9 heteroatoms. The number of ether oxygens (including phenoxy) is 1. The number of rotatable bonds is 9. The van der Waals surface area contributed by atoms with Crippen molar-refractivity contribution >= 4 is 33.4 Å². The smallest absolute Gasteiger partial charge is 0.180 e. The highest BCUT2D eigenvalue weighted by molar-refractivity contribution is 7.14. The van der Waals surface area contributed by atoms with Crippen molar-refractivity contribution in [1.82, 2.24) is 30.5 Å². The summed E-state index contributed by atoms with van der Waals surface area (Å²) in [6.07, 6.45) is 5.88. The summed E-state index contributed by atoms with van der Waals surface area (Å²) >= 11 is 1.67. The number of fused-ring (bicyclic) bond motifs is 1. The molecule has 0 atom stereocenters. The molecule has 0 aliphatic carbocycles. The fourth-order valence-corrected chi connectivity index (χ4v) is 3.91. The van der Waals surface area contributed by atoms with E-state index in [1.165, 1.54) is 11.1 Å². The zero-order chi connectivity index (χ0) is 19.3. The maximum atomic E-state index is 5.35. The van der Waals surface area contributed by atoms with Crippen LogP contribution in [0.5, 0.6) is 0 Å². The third-order valence-electron chi connectivity index (χ3n) is 4.42. The lowest BCUT2D eigenvalue weighted by atomic mass is 10.2. The van der Waals surface area contributed by atoms with E-state index < -0.39 is 0 Å². The van der Waals surface area contributed by atoms with Crippen molar-refractivity contribution in [2.24, 2.45) is 0 Å². The average Bonchev–Trinajstić information content (AvgIpc) is 3.41. The Labute approximate surface area is 168 Å². The van der Waals surface area contributed by atoms with Gasteiger partial charge in [0.1, 0.15) is 0 Å². The average molecular weight is 400 g/mol. The molecule has 1 aliphatic heterocycles. The summed E-state index contributed by atoms with van der Waals surface area (Å²) < 4.78 is 7.44. The molecule has 3 aromatic heterocycles. The van der Waals surface area contributed by atoms with Crippen LogP contribution in [0.15, 0.2) is 30.0 Å². The largest absolute Gasteiger partial charge is 0.380 e. The van der Waals surface area contributed by atoms with Crippen LogP contribution >= 0.6 is 11.3 Å². The Morgan fingerprint density at radius 1 is 1.39 bits per heavy atom. The highest BCUT2D eigenvalue weighted by Gasteiger charge is 2.15. The van der Waals surface area contributed by atoms with Crippen LogP contribution in [-0.2, 0) is 11.3 Å². The summed E-state index contributed by atoms with van der Waals surface area (Å²) in [6, 6.07) is 2.15. The first-order chi connectivity index (χ1) is 13.7. The molecular weight excluding hydrogens is 374 g/mol. The summed E-state index contributed by atoms with van der Waals surface area (Å²) in [6.45, 7) is 7.94. The van der Waals surface area contributed by atoms with Gasteiger partial charge in [0, 0.05) is 44.2 Å². The van der Waals surface area contributed by atoms with Crippen LogP contribution < -0.4 is 21.5 Å². The Kier molecular flexibility index (Phi) is 5.87. The van der Waals surface area contributed by atoms with Gasteiger partial charge in [0.05, 0.1) is 29.2 Å². The zero-order valence-corrected chi connectivity index (χ0v) is 16.9. The Hall–Kier alpha value is -2.46. The van der Waals surface area contributed by atoms with E-state index in [9.17, 15) is 0 Å². The molecule has 0 bridgehead atoms. The second-order valence-electron chi connectivity index (χ2n) is 6.55. The van der Waals surface area contributed by atoms with Gasteiger partial charge in [-0.15, -0.1) is 11.3 Å². The van der Waals surface area contributed by atoms with Gasteiger partial charge in [0.2, 0.25) is 0 Å². The fourth-order valence-electron chi connectivity index (χ4n) is 3.10. The number of aromatic nitrogens is 3. The number of nitrogens with zero attached hydrogens (tertiary/aromatic N) is 3. The summed E-state index contributed by atoms with van der Waals surface area (Å²) in [5.41, 5.74) is 11.3. The van der Waals surface area contributed by atoms with Crippen LogP contribution in [-0.4, -0.2) is 40.7 Å². The van der Waals surface area contributed by atoms with E-state index in [-0.39, 0.29) is 0 Å². The van der Waals surface area contributed by atoms with E-state index in [2.05, 4.69) is 47.3 Å². The van der Waals surface area contributed by atoms with Gasteiger partial charge >= 0.3 is 0 Å². The minimum absolute atomic E-state index is 0.737. The number of hydrazine groups is 1. The minimum Gasteiger partial charge on any atom is -0.380 e. The minimum atomic E-state index is 0.737. The molecule has 0 saturated heterocycles. The monoisotopic (exact) mass is 399 g/mol. The number of nitrogens with one attached hydrogen (secondary N) is 4. The molecule has 8 nitrogen and oxygen atoms in total. The Balaban J connectivity index is 1.49. The molecule has 4 rings (SSSR count). The first-order valence-corrected chi connectivity index (χ1v) is 10.3. The van der Waals surface area contributed by atoms with E-state index in [1.807, 2.05) is 32.4 Å². The van der Waals surface area contributed by atoms with Gasteiger partial charge in [-0.1, -0.05) is 0 Å². The molecule has 4 heterocycles. The molecule has 0 aromatic carbocycles. The van der Waals surface area contributed by atoms with E-state index in [4.69, 9.17) is 4.74 Å². The van der Waals surface area contributed by atoms with Crippen LogP contribution in [0.4, 0.5) is 10.8 Å². The molecule has 3 aromatic rings. The highest BCUT2D eigenvalue weighted by Crippen LogP contribution is 2.27. The number of aryl methyl sites for hydroxylation is 1. The molecule has 4 N–H and O–H groups in total. The third kappa shape index (κ3) is 4.17. The second kappa shape index (κ2) is 8.70. The van der Waals surface area contributed by atoms with Crippen LogP contribution in [0, 0.1) is 6.92 Å². The van der Waals surface area contributed by atoms with Gasteiger partial charge in [0.25, 0.3) is 0 Å². The molecule has 0 saturated carbocycles. The Morgan fingerprint density at radius 2 is 2.32 bits per heavy atom. The molecule has 0 radical (unpaired) electrons. The first-order valence-electron chi connectivity index (χ1n) is 9.40. The molecular formula is C19H25N7OS. The molecule has 0 unspecified atom stereocenters. The topological polar surface area (TPSA) is 87.5 Å². The number of thiophene rings is 1. The number of hydrogen-bond donors (Lipinski definition) is 4. The lowest BCUT2D eigenvalue weighted by Gasteiger charge is -2.08. The van der Waals surface area contributed by atoms with Crippen molar-refractivity contribution in [3.63, 3.8) is 0 Å². The summed E-state index contributed by atoms with van der Waals surface area (Å²) in [5, 5.41) is 10.0. The van der Waals surface area contributed by atoms with Crippen LogP contribution in [0.2, 0.25) is 0 Å². The Bertz CT molecular complexity index is 978. The molecule has 148 valence electrons. The van der Waals surface area contributed by atoms with Crippen molar-refractivity contribution in [2.45, 2.75) is 20.4 Å². The molecule has 0 amide bonds. The lowest BCUT2D eigenvalue weighted by Crippen LogP contribution is -2.20. The van der Waals surface area contributed by atoms with E-state index in [0.717, 1.165) is 60.7 Å². The summed E-state index contributed by atoms with van der Waals surface area (Å²) in [5.74, 6) is 0.767. The van der Waals surface area contributed by atoms with Gasteiger partial charge in [-0.2, -0.15) is 0 Å². The van der Waals surface area contributed by atoms with Crippen molar-refractivity contribution in [2.75, 3.05) is 31.6 Å². The second-order valence-corrected chi connectivity index (χ2v) is 7.46. The van der Waals surface area contributed by atoms with Crippen LogP contribution in [0.1, 0.15) is 23.9 Å². The van der Waals surface area contributed by atoms with Crippen LogP contribution in [0.3, 0.4) is 0 Å². The molecule has 0 fully saturated rings. The summed E-state index contributed by atoms with van der Waals surface area (Å²) in [7, 11) is 0. The predicted octanol–water partition coefficient (Wildman–Crippen LogP) is 2.42. The molecule has 28 heavy (non-hydrogen) atoms. The summed E-state index contributed by atoms with van der Waals surface area (Å²) in [4.78, 5) is 9.28. The maximum absolute atomic E-state index is 5.35. The Morgan fingerprint density at radius 3 is 3.14 bits per heavy atom. The first kappa shape index (κ1) is 18.9. The van der Waals surface area contributed by atoms with Gasteiger partial charge in [0.15, 0.2) is 11.5 Å². The van der Waals surface area contributed by atoms with Crippen molar-refractivity contribution in [1.29, 1.82) is 0 Å². The molecule has 1 aliphatic rings.